The van der Waals surface area contributed by atoms with Gasteiger partial charge in [0.05, 0.1) is 11.4 Å². The summed E-state index contributed by atoms with van der Waals surface area (Å²) in [7, 11) is -3.56. The predicted molar refractivity (Wildman–Crippen MR) is 158 cm³/mol. The predicted octanol–water partition coefficient (Wildman–Crippen LogP) is 6.61. The maximum atomic E-state index is 13.4. The molecule has 1 fully saturated rings. The van der Waals surface area contributed by atoms with Gasteiger partial charge in [0.15, 0.2) is 0 Å². The van der Waals surface area contributed by atoms with Gasteiger partial charge in [-0.05, 0) is 76.0 Å². The van der Waals surface area contributed by atoms with Crippen molar-refractivity contribution >= 4 is 22.1 Å². The van der Waals surface area contributed by atoms with Gasteiger partial charge in [-0.3, -0.25) is 0 Å². The summed E-state index contributed by atoms with van der Waals surface area (Å²) in [6, 6.07) is 2.50. The number of hydrogen-bond acceptors (Lipinski definition) is 7. The number of phenols is 2. The molecule has 2 aliphatic rings. The third kappa shape index (κ3) is 10.3. The molecule has 222 valence electrons. The Labute approximate surface area is 239 Å². The zero-order valence-electron chi connectivity index (χ0n) is 24.0. The third-order valence-corrected chi connectivity index (χ3v) is 9.38. The first-order valence-corrected chi connectivity index (χ1v) is 16.3. The number of esters is 1. The molecule has 0 amide bonds. The van der Waals surface area contributed by atoms with E-state index in [1.165, 1.54) is 37.8 Å². The van der Waals surface area contributed by atoms with E-state index in [-0.39, 0.29) is 17.1 Å². The molecule has 0 aromatic heterocycles. The second-order valence-corrected chi connectivity index (χ2v) is 13.3. The number of carbonyl (C=O) groups is 1. The SMILES string of the molecule is CC1CCCCCCCCC(S(=O)(=O)NN/C2=C/CCC(C)OC(=O)c3c(O)cc(O)cc3C=C=CCCC2)C1. The number of carbonyl (C=O) groups excluding carboxylic acids is 1. The molecular weight excluding hydrogens is 528 g/mol. The highest BCUT2D eigenvalue weighted by atomic mass is 32.2. The van der Waals surface area contributed by atoms with Crippen molar-refractivity contribution in [3.63, 3.8) is 0 Å². The summed E-state index contributed by atoms with van der Waals surface area (Å²) in [6.07, 6.45) is 17.2. The zero-order valence-corrected chi connectivity index (χ0v) is 24.8. The van der Waals surface area contributed by atoms with Gasteiger partial charge in [0.1, 0.15) is 17.1 Å². The number of fused-ring (bicyclic) bond motifs is 1. The van der Waals surface area contributed by atoms with Crippen molar-refractivity contribution in [1.29, 1.82) is 0 Å². The van der Waals surface area contributed by atoms with Crippen LogP contribution < -0.4 is 10.3 Å². The lowest BCUT2D eigenvalue weighted by Gasteiger charge is -2.23. The summed E-state index contributed by atoms with van der Waals surface area (Å²) < 4.78 is 32.3. The van der Waals surface area contributed by atoms with Crippen LogP contribution >= 0.6 is 0 Å². The first kappa shape index (κ1) is 31.8. The smallest absolute Gasteiger partial charge is 0.342 e. The molecule has 40 heavy (non-hydrogen) atoms. The first-order valence-electron chi connectivity index (χ1n) is 14.8. The van der Waals surface area contributed by atoms with Crippen LogP contribution in [0.3, 0.4) is 0 Å². The Morgan fingerprint density at radius 2 is 1.68 bits per heavy atom. The molecule has 1 aromatic rings. The molecule has 1 heterocycles. The lowest BCUT2D eigenvalue weighted by molar-refractivity contribution is 0.0323. The van der Waals surface area contributed by atoms with Gasteiger partial charge in [0.2, 0.25) is 10.0 Å². The van der Waals surface area contributed by atoms with Crippen molar-refractivity contribution in [1.82, 2.24) is 10.3 Å². The van der Waals surface area contributed by atoms with Gasteiger partial charge >= 0.3 is 5.97 Å². The molecule has 3 rings (SSSR count). The van der Waals surface area contributed by atoms with E-state index < -0.39 is 27.3 Å². The molecule has 3 unspecified atom stereocenters. The maximum Gasteiger partial charge on any atom is 0.342 e. The van der Waals surface area contributed by atoms with Crippen molar-refractivity contribution in [2.24, 2.45) is 5.92 Å². The fourth-order valence-electron chi connectivity index (χ4n) is 5.36. The molecule has 0 saturated heterocycles. The molecule has 8 nitrogen and oxygen atoms in total. The summed E-state index contributed by atoms with van der Waals surface area (Å²) in [5, 5.41) is 19.7. The van der Waals surface area contributed by atoms with Crippen LogP contribution in [0.1, 0.15) is 120 Å². The summed E-state index contributed by atoms with van der Waals surface area (Å²) in [5.41, 5.74) is 7.10. The number of benzene rings is 1. The summed E-state index contributed by atoms with van der Waals surface area (Å²) in [4.78, 5) is 15.5. The molecule has 0 spiro atoms. The monoisotopic (exact) mass is 574 g/mol. The van der Waals surface area contributed by atoms with Gasteiger partial charge < -0.3 is 20.4 Å². The van der Waals surface area contributed by atoms with Gasteiger partial charge in [-0.1, -0.05) is 57.9 Å². The molecule has 1 aliphatic heterocycles. The van der Waals surface area contributed by atoms with Crippen LogP contribution in [0.25, 0.3) is 6.08 Å². The largest absolute Gasteiger partial charge is 0.508 e. The second-order valence-electron chi connectivity index (χ2n) is 11.3. The van der Waals surface area contributed by atoms with Crippen molar-refractivity contribution in [3.05, 3.63) is 46.8 Å². The highest BCUT2D eigenvalue weighted by molar-refractivity contribution is 7.90. The number of hydrogen-bond donors (Lipinski definition) is 4. The van der Waals surface area contributed by atoms with E-state index in [0.29, 0.717) is 50.0 Å². The third-order valence-electron chi connectivity index (χ3n) is 7.69. The fraction of sp³-hybridized carbons (Fsp3) is 0.613. The standard InChI is InChI=1S/C31H46N2O6S/c1-23-14-9-5-3-4-6-12-19-28(20-23)40(37,38)33-32-26-17-11-8-7-10-16-25-21-27(34)22-29(35)30(25)31(36)39-24(2)15-13-18-26/h7,16,18,21-24,28,32-35H,3-6,8-9,11-15,17,19-20H2,1-2H3/b26-18+. The van der Waals surface area contributed by atoms with E-state index in [1.54, 1.807) is 6.92 Å². The van der Waals surface area contributed by atoms with Gasteiger partial charge in [-0.15, -0.1) is 10.6 Å². The van der Waals surface area contributed by atoms with Crippen LogP contribution in [0.2, 0.25) is 0 Å². The molecule has 3 atom stereocenters. The Kier molecular flexibility index (Phi) is 12.6. The molecule has 9 heteroatoms. The lowest BCUT2D eigenvalue weighted by atomic mass is 9.97. The number of allylic oxidation sites excluding steroid dienone is 3. The molecule has 1 saturated carbocycles. The molecular formula is C31H46N2O6S. The lowest BCUT2D eigenvalue weighted by Crippen LogP contribution is -2.43. The summed E-state index contributed by atoms with van der Waals surface area (Å²) in [6.45, 7) is 3.93. The highest BCUT2D eigenvalue weighted by Crippen LogP contribution is 2.30. The van der Waals surface area contributed by atoms with E-state index in [2.05, 4.69) is 22.9 Å². The minimum atomic E-state index is -3.56. The number of cyclic esters (lactones) is 1. The molecule has 0 radical (unpaired) electrons. The topological polar surface area (TPSA) is 125 Å². The summed E-state index contributed by atoms with van der Waals surface area (Å²) in [5.74, 6) is -0.823. The minimum Gasteiger partial charge on any atom is -0.508 e. The number of hydrazine groups is 1. The van der Waals surface area contributed by atoms with Crippen LogP contribution in [0, 0.1) is 5.92 Å². The van der Waals surface area contributed by atoms with Crippen LogP contribution in [0.4, 0.5) is 0 Å². The van der Waals surface area contributed by atoms with E-state index in [1.807, 2.05) is 12.2 Å². The zero-order chi connectivity index (χ0) is 29.0. The first-order chi connectivity index (χ1) is 19.2. The molecule has 4 N–H and O–H groups in total. The van der Waals surface area contributed by atoms with E-state index in [9.17, 15) is 23.4 Å². The molecule has 0 bridgehead atoms. The highest BCUT2D eigenvalue weighted by Gasteiger charge is 2.27. The number of nitrogens with one attached hydrogen (secondary N) is 2. The quantitative estimate of drug-likeness (QED) is 0.181. The van der Waals surface area contributed by atoms with E-state index >= 15 is 0 Å². The van der Waals surface area contributed by atoms with Crippen molar-refractivity contribution in [3.8, 4) is 11.5 Å². The Morgan fingerprint density at radius 1 is 0.950 bits per heavy atom. The normalized spacial score (nSPS) is 25.7. The number of sulfonamides is 1. The van der Waals surface area contributed by atoms with Crippen molar-refractivity contribution < 1.29 is 28.2 Å². The van der Waals surface area contributed by atoms with Crippen LogP contribution in [0.5, 0.6) is 11.5 Å². The van der Waals surface area contributed by atoms with Crippen LogP contribution in [-0.4, -0.2) is 36.0 Å². The maximum absolute atomic E-state index is 13.4. The van der Waals surface area contributed by atoms with E-state index in [4.69, 9.17) is 4.74 Å². The molecule has 1 aliphatic carbocycles. The Hall–Kier alpha value is -2.74. The number of aromatic hydroxyl groups is 2. The second kappa shape index (κ2) is 15.9. The Bertz CT molecular complexity index is 1190. The Morgan fingerprint density at radius 3 is 2.45 bits per heavy atom. The van der Waals surface area contributed by atoms with Gasteiger partial charge in [-0.2, -0.15) is 0 Å². The Balaban J connectivity index is 1.69. The van der Waals surface area contributed by atoms with Crippen molar-refractivity contribution in [2.45, 2.75) is 115 Å². The fourth-order valence-corrected chi connectivity index (χ4v) is 6.86. The van der Waals surface area contributed by atoms with Gasteiger partial charge in [0, 0.05) is 17.3 Å². The number of rotatable bonds is 4. The number of ether oxygens (including phenoxy) is 1. The average molecular weight is 575 g/mol. The van der Waals surface area contributed by atoms with Crippen LogP contribution in [-0.2, 0) is 14.8 Å². The van der Waals surface area contributed by atoms with Gasteiger partial charge in [-0.25, -0.2) is 13.2 Å². The minimum absolute atomic E-state index is 0.0155. The van der Waals surface area contributed by atoms with E-state index in [0.717, 1.165) is 37.4 Å². The molecule has 1 aromatic carbocycles. The van der Waals surface area contributed by atoms with Crippen LogP contribution in [0.15, 0.2) is 35.7 Å². The van der Waals surface area contributed by atoms with Gasteiger partial charge in [0.25, 0.3) is 0 Å². The number of phenolic OH excluding ortho intramolecular Hbond substituents is 2. The summed E-state index contributed by atoms with van der Waals surface area (Å²) >= 11 is 0. The van der Waals surface area contributed by atoms with Crippen molar-refractivity contribution in [2.75, 3.05) is 0 Å². The average Bonchev–Trinajstić information content (AvgIpc) is 2.93.